The Balaban J connectivity index is 1.48. The predicted molar refractivity (Wildman–Crippen MR) is 140 cm³/mol. The first-order valence-electron chi connectivity index (χ1n) is 11.7. The van der Waals surface area contributed by atoms with Crippen molar-refractivity contribution in [3.8, 4) is 0 Å². The SMILES string of the molecule is CN1C(=O)c2ccc3c4cccc5c(C(=O)OCc6ccccc6)ccc(c6ccc(c2c36)C1=O)c54. The molecule has 6 aromatic carbocycles. The van der Waals surface area contributed by atoms with Gasteiger partial charge >= 0.3 is 5.97 Å². The average molecular weight is 469 g/mol. The minimum absolute atomic E-state index is 0.201. The van der Waals surface area contributed by atoms with Crippen molar-refractivity contribution in [3.63, 3.8) is 0 Å². The molecule has 1 aliphatic rings. The topological polar surface area (TPSA) is 63.7 Å². The van der Waals surface area contributed by atoms with Crippen molar-refractivity contribution in [2.45, 2.75) is 6.61 Å². The van der Waals surface area contributed by atoms with Gasteiger partial charge in [-0.25, -0.2) is 4.79 Å². The molecule has 1 heterocycles. The number of imide groups is 1. The summed E-state index contributed by atoms with van der Waals surface area (Å²) in [6.45, 7) is 0.201. The van der Waals surface area contributed by atoms with Gasteiger partial charge in [0.1, 0.15) is 6.61 Å². The molecule has 5 heteroatoms. The smallest absolute Gasteiger partial charge is 0.339 e. The van der Waals surface area contributed by atoms with E-state index >= 15 is 0 Å². The van der Waals surface area contributed by atoms with Crippen molar-refractivity contribution in [2.24, 2.45) is 0 Å². The van der Waals surface area contributed by atoms with Gasteiger partial charge in [0.25, 0.3) is 11.8 Å². The van der Waals surface area contributed by atoms with Crippen LogP contribution in [-0.2, 0) is 11.3 Å². The minimum atomic E-state index is -0.377. The second kappa shape index (κ2) is 7.36. The van der Waals surface area contributed by atoms with Crippen molar-refractivity contribution in [3.05, 3.63) is 107 Å². The normalized spacial score (nSPS) is 13.4. The van der Waals surface area contributed by atoms with E-state index in [-0.39, 0.29) is 24.4 Å². The summed E-state index contributed by atoms with van der Waals surface area (Å²) in [5.74, 6) is -0.966. The Hall–Kier alpha value is -4.77. The molecule has 0 saturated heterocycles. The van der Waals surface area contributed by atoms with Crippen molar-refractivity contribution < 1.29 is 19.1 Å². The Morgan fingerprint density at radius 2 is 1.22 bits per heavy atom. The van der Waals surface area contributed by atoms with Crippen molar-refractivity contribution in [1.82, 2.24) is 4.90 Å². The summed E-state index contributed by atoms with van der Waals surface area (Å²) in [6.07, 6.45) is 0. The Morgan fingerprint density at radius 3 is 1.92 bits per heavy atom. The maximum atomic E-state index is 13.1. The molecular weight excluding hydrogens is 450 g/mol. The Labute approximate surface area is 205 Å². The van der Waals surface area contributed by atoms with Crippen LogP contribution >= 0.6 is 0 Å². The first kappa shape index (κ1) is 20.6. The number of carbonyl (C=O) groups is 3. The third-order valence-corrected chi connectivity index (χ3v) is 7.28. The number of ether oxygens (including phenoxy) is 1. The molecule has 0 spiro atoms. The van der Waals surface area contributed by atoms with Crippen molar-refractivity contribution >= 4 is 60.9 Å². The van der Waals surface area contributed by atoms with Crippen LogP contribution < -0.4 is 0 Å². The molecule has 172 valence electrons. The highest BCUT2D eigenvalue weighted by atomic mass is 16.5. The number of hydrogen-bond donors (Lipinski definition) is 0. The quantitative estimate of drug-likeness (QED) is 0.132. The van der Waals surface area contributed by atoms with Crippen LogP contribution in [0, 0.1) is 0 Å². The molecule has 0 aliphatic carbocycles. The number of esters is 1. The number of fused-ring (bicyclic) bond motifs is 2. The molecule has 0 radical (unpaired) electrons. The fourth-order valence-corrected chi connectivity index (χ4v) is 5.59. The van der Waals surface area contributed by atoms with Gasteiger partial charge in [0.2, 0.25) is 0 Å². The zero-order valence-electron chi connectivity index (χ0n) is 19.4. The minimum Gasteiger partial charge on any atom is -0.457 e. The summed E-state index contributed by atoms with van der Waals surface area (Å²) in [6, 6.07) is 26.8. The zero-order valence-corrected chi connectivity index (χ0v) is 19.4. The maximum Gasteiger partial charge on any atom is 0.339 e. The predicted octanol–water partition coefficient (Wildman–Crippen LogP) is 6.32. The fraction of sp³-hybridized carbons (Fsp3) is 0.0645. The molecule has 5 nitrogen and oxygen atoms in total. The summed E-state index contributed by atoms with van der Waals surface area (Å²) in [5, 5.41) is 7.21. The van der Waals surface area contributed by atoms with E-state index in [0.29, 0.717) is 22.1 Å². The standard InChI is InChI=1S/C31H19NO4/c1-32-29(33)24-14-11-21-18-8-5-9-19-23(31(35)36-16-17-6-3-2-4-7-17)13-10-20(26(18)19)22-12-15-25(30(32)34)28(24)27(21)22/h2-15H,16H2,1H3. The van der Waals surface area contributed by atoms with Gasteiger partial charge in [0.15, 0.2) is 0 Å². The van der Waals surface area contributed by atoms with Crippen LogP contribution in [0.15, 0.2) is 84.9 Å². The Kier molecular flexibility index (Phi) is 4.21. The van der Waals surface area contributed by atoms with Crippen LogP contribution in [0.4, 0.5) is 0 Å². The summed E-state index contributed by atoms with van der Waals surface area (Å²) >= 11 is 0. The molecule has 7 rings (SSSR count). The molecule has 1 aliphatic heterocycles. The number of benzene rings is 6. The van der Waals surface area contributed by atoms with E-state index in [1.165, 1.54) is 11.9 Å². The molecule has 0 fully saturated rings. The summed E-state index contributed by atoms with van der Waals surface area (Å²) in [5.41, 5.74) is 2.50. The molecular formula is C31H19NO4. The fourth-order valence-electron chi connectivity index (χ4n) is 5.59. The number of rotatable bonds is 3. The van der Waals surface area contributed by atoms with E-state index in [2.05, 4.69) is 0 Å². The van der Waals surface area contributed by atoms with Crippen LogP contribution in [0.2, 0.25) is 0 Å². The zero-order chi connectivity index (χ0) is 24.6. The lowest BCUT2D eigenvalue weighted by atomic mass is 9.84. The molecule has 0 N–H and O–H groups in total. The molecule has 2 amide bonds. The molecule has 0 atom stereocenters. The van der Waals surface area contributed by atoms with E-state index in [9.17, 15) is 14.4 Å². The number of nitrogens with zero attached hydrogens (tertiary/aromatic N) is 1. The van der Waals surface area contributed by atoms with Gasteiger partial charge in [-0.05, 0) is 61.5 Å². The second-order valence-corrected chi connectivity index (χ2v) is 9.19. The Morgan fingerprint density at radius 1 is 0.639 bits per heavy atom. The molecule has 6 aromatic rings. The van der Waals surface area contributed by atoms with Gasteiger partial charge in [0.05, 0.1) is 5.56 Å². The van der Waals surface area contributed by atoms with E-state index in [4.69, 9.17) is 4.74 Å². The van der Waals surface area contributed by atoms with E-state index in [0.717, 1.165) is 43.3 Å². The average Bonchev–Trinajstić information content (AvgIpc) is 2.92. The van der Waals surface area contributed by atoms with Gasteiger partial charge in [-0.2, -0.15) is 0 Å². The summed E-state index contributed by atoms with van der Waals surface area (Å²) in [7, 11) is 1.52. The van der Waals surface area contributed by atoms with E-state index < -0.39 is 0 Å². The number of hydrogen-bond acceptors (Lipinski definition) is 4. The van der Waals surface area contributed by atoms with Gasteiger partial charge in [-0.1, -0.05) is 66.7 Å². The number of amides is 2. The maximum absolute atomic E-state index is 13.1. The van der Waals surface area contributed by atoms with Crippen LogP contribution in [-0.4, -0.2) is 29.7 Å². The third kappa shape index (κ3) is 2.68. The molecule has 36 heavy (non-hydrogen) atoms. The van der Waals surface area contributed by atoms with Crippen LogP contribution in [0.5, 0.6) is 0 Å². The highest BCUT2D eigenvalue weighted by Gasteiger charge is 2.32. The third-order valence-electron chi connectivity index (χ3n) is 7.28. The highest BCUT2D eigenvalue weighted by Crippen LogP contribution is 2.44. The van der Waals surface area contributed by atoms with Gasteiger partial charge in [-0.3, -0.25) is 14.5 Å². The summed E-state index contributed by atoms with van der Waals surface area (Å²) < 4.78 is 5.65. The van der Waals surface area contributed by atoms with Crippen molar-refractivity contribution in [1.29, 1.82) is 0 Å². The summed E-state index contributed by atoms with van der Waals surface area (Å²) in [4.78, 5) is 40.1. The molecule has 0 bridgehead atoms. The van der Waals surface area contributed by atoms with E-state index in [1.54, 1.807) is 18.2 Å². The van der Waals surface area contributed by atoms with Gasteiger partial charge in [0, 0.05) is 23.6 Å². The van der Waals surface area contributed by atoms with Gasteiger partial charge in [-0.15, -0.1) is 0 Å². The lowest BCUT2D eigenvalue weighted by Gasteiger charge is -2.25. The highest BCUT2D eigenvalue weighted by molar-refractivity contribution is 6.38. The lowest BCUT2D eigenvalue weighted by Crippen LogP contribution is -2.36. The molecule has 0 saturated carbocycles. The van der Waals surface area contributed by atoms with Gasteiger partial charge < -0.3 is 4.74 Å². The first-order chi connectivity index (χ1) is 17.5. The second-order valence-electron chi connectivity index (χ2n) is 9.19. The van der Waals surface area contributed by atoms with Crippen LogP contribution in [0.1, 0.15) is 36.6 Å². The largest absolute Gasteiger partial charge is 0.457 e. The monoisotopic (exact) mass is 469 g/mol. The van der Waals surface area contributed by atoms with E-state index in [1.807, 2.05) is 66.7 Å². The Bertz CT molecular complexity index is 1840. The first-order valence-corrected chi connectivity index (χ1v) is 11.7. The lowest BCUT2D eigenvalue weighted by molar-refractivity contribution is 0.0474. The van der Waals surface area contributed by atoms with Crippen LogP contribution in [0.3, 0.4) is 0 Å². The van der Waals surface area contributed by atoms with Crippen LogP contribution in [0.25, 0.3) is 43.1 Å². The molecule has 0 aromatic heterocycles. The van der Waals surface area contributed by atoms with Crippen molar-refractivity contribution in [2.75, 3.05) is 7.05 Å². The molecule has 0 unspecified atom stereocenters. The number of carbonyl (C=O) groups excluding carboxylic acids is 3.